The molecular weight excluding hydrogens is 771 g/mol. The van der Waals surface area contributed by atoms with Gasteiger partial charge in [0.2, 0.25) is 11.8 Å². The van der Waals surface area contributed by atoms with Crippen LogP contribution in [-0.2, 0) is 22.7 Å². The number of aliphatic carboxylic acids is 1. The highest BCUT2D eigenvalue weighted by Crippen LogP contribution is 2.43. The number of carboxylic acids is 1. The number of carbonyl (C=O) groups excluding carboxylic acids is 1. The lowest BCUT2D eigenvalue weighted by atomic mass is 9.86. The van der Waals surface area contributed by atoms with Gasteiger partial charge in [-0.1, -0.05) is 53.5 Å². The summed E-state index contributed by atoms with van der Waals surface area (Å²) in [5.41, 5.74) is 4.55. The molecule has 0 bridgehead atoms. The first kappa shape index (κ1) is 38.8. The van der Waals surface area contributed by atoms with E-state index < -0.39 is 12.6 Å². The second-order valence-electron chi connectivity index (χ2n) is 13.8. The van der Waals surface area contributed by atoms with E-state index in [1.807, 2.05) is 30.3 Å². The number of amides is 1. The molecule has 2 aliphatic rings. The van der Waals surface area contributed by atoms with Crippen molar-refractivity contribution in [3.8, 4) is 28.3 Å². The van der Waals surface area contributed by atoms with Gasteiger partial charge in [0.15, 0.2) is 5.82 Å². The number of alkyl halides is 2. The number of aryl methyl sites for hydroxylation is 1. The SMILES string of the molecule is Cc1cc(-c2cccc(-c3cccc(Nc4nccc5sc(CN[C@H]6CC[C@H](C(=O)O)CC6)nc45)c3Cl)c2Cl)nc(OC(F)F)c1CNC[C@@H]1CCC(=O)N1. The summed E-state index contributed by atoms with van der Waals surface area (Å²) in [5, 5.41) is 23.9. The normalized spacial score (nSPS) is 18.5. The van der Waals surface area contributed by atoms with Gasteiger partial charge >= 0.3 is 12.6 Å². The number of pyridine rings is 2. The Morgan fingerprint density at radius 2 is 1.76 bits per heavy atom. The summed E-state index contributed by atoms with van der Waals surface area (Å²) in [6, 6.07) is 14.8. The van der Waals surface area contributed by atoms with Gasteiger partial charge < -0.3 is 31.1 Å². The van der Waals surface area contributed by atoms with E-state index >= 15 is 0 Å². The molecule has 55 heavy (non-hydrogen) atoms. The molecule has 4 heterocycles. The fraction of sp³-hybridized carbons (Fsp3) is 0.359. The molecule has 7 rings (SSSR count). The molecule has 11 nitrogen and oxygen atoms in total. The number of hydrogen-bond donors (Lipinski definition) is 5. The zero-order chi connectivity index (χ0) is 38.6. The largest absolute Gasteiger partial charge is 0.481 e. The number of carbonyl (C=O) groups is 2. The Morgan fingerprint density at radius 3 is 2.49 bits per heavy atom. The highest BCUT2D eigenvalue weighted by atomic mass is 35.5. The van der Waals surface area contributed by atoms with E-state index in [0.717, 1.165) is 22.5 Å². The second kappa shape index (κ2) is 17.1. The summed E-state index contributed by atoms with van der Waals surface area (Å²) >= 11 is 15.7. The number of carboxylic acid groups (broad SMARTS) is 1. The van der Waals surface area contributed by atoms with Gasteiger partial charge in [0.05, 0.1) is 32.0 Å². The van der Waals surface area contributed by atoms with Crippen molar-refractivity contribution in [3.63, 3.8) is 0 Å². The topological polar surface area (TPSA) is 150 Å². The van der Waals surface area contributed by atoms with Crippen molar-refractivity contribution in [1.29, 1.82) is 0 Å². The van der Waals surface area contributed by atoms with Crippen LogP contribution < -0.4 is 26.0 Å². The van der Waals surface area contributed by atoms with E-state index in [1.165, 1.54) is 0 Å². The smallest absolute Gasteiger partial charge is 0.388 e. The Kier molecular flexibility index (Phi) is 12.1. The lowest BCUT2D eigenvalue weighted by Gasteiger charge is -2.26. The summed E-state index contributed by atoms with van der Waals surface area (Å²) in [6.07, 6.45) is 5.86. The molecule has 0 radical (unpaired) electrons. The molecule has 1 aliphatic heterocycles. The van der Waals surface area contributed by atoms with Crippen molar-refractivity contribution in [2.75, 3.05) is 11.9 Å². The molecule has 5 N–H and O–H groups in total. The first-order valence-electron chi connectivity index (χ1n) is 18.0. The van der Waals surface area contributed by atoms with Crippen LogP contribution in [0, 0.1) is 12.8 Å². The minimum absolute atomic E-state index is 0.00122. The summed E-state index contributed by atoms with van der Waals surface area (Å²) in [7, 11) is 0. The van der Waals surface area contributed by atoms with E-state index in [0.29, 0.717) is 99.4 Å². The van der Waals surface area contributed by atoms with E-state index in [-0.39, 0.29) is 36.3 Å². The number of ether oxygens (including phenoxy) is 1. The van der Waals surface area contributed by atoms with E-state index in [9.17, 15) is 23.5 Å². The Labute approximate surface area is 330 Å². The number of fused-ring (bicyclic) bond motifs is 1. The van der Waals surface area contributed by atoms with Gasteiger partial charge in [-0.2, -0.15) is 8.78 Å². The van der Waals surface area contributed by atoms with Crippen molar-refractivity contribution < 1.29 is 28.2 Å². The molecule has 288 valence electrons. The number of hydrogen-bond acceptors (Lipinski definition) is 10. The van der Waals surface area contributed by atoms with E-state index in [4.69, 9.17) is 32.9 Å². The molecule has 0 unspecified atom stereocenters. The molecule has 1 amide bonds. The highest BCUT2D eigenvalue weighted by molar-refractivity contribution is 7.18. The van der Waals surface area contributed by atoms with Crippen LogP contribution in [0.3, 0.4) is 0 Å². The van der Waals surface area contributed by atoms with Crippen LogP contribution in [0.25, 0.3) is 32.6 Å². The van der Waals surface area contributed by atoms with Crippen molar-refractivity contribution in [1.82, 2.24) is 30.9 Å². The number of nitrogens with zero attached hydrogens (tertiary/aromatic N) is 3. The number of rotatable bonds is 14. The average molecular weight is 811 g/mol. The standard InChI is InChI=1S/C39H39Cl2F2N7O4S/c1-20-16-29(49-37(54-39(42)43)27(20)18-44-17-23-12-13-31(51)47-23)26-6-2-4-24(33(26)40)25-5-3-7-28(34(25)41)48-36-35-30(14-15-45-36)55-32(50-35)19-46-22-10-8-21(9-11-22)38(52)53/h2-7,14-16,21-23,39,44,46H,8-13,17-19H2,1H3,(H,45,48)(H,47,51)(H,52,53)/t21-,22-,23-/m0/s1. The molecule has 16 heteroatoms. The average Bonchev–Trinajstić information content (AvgIpc) is 3.78. The maximum Gasteiger partial charge on any atom is 0.388 e. The molecule has 5 aromatic rings. The molecule has 0 spiro atoms. The molecular formula is C39H39Cl2F2N7O4S. The summed E-state index contributed by atoms with van der Waals surface area (Å²) in [5.74, 6) is -0.649. The minimum atomic E-state index is -3.09. The second-order valence-corrected chi connectivity index (χ2v) is 15.6. The number of nitrogens with one attached hydrogen (secondary N) is 4. The third-order valence-electron chi connectivity index (χ3n) is 10.1. The van der Waals surface area contributed by atoms with Crippen molar-refractivity contribution in [2.24, 2.45) is 5.92 Å². The highest BCUT2D eigenvalue weighted by Gasteiger charge is 2.26. The predicted octanol–water partition coefficient (Wildman–Crippen LogP) is 8.48. The Hall–Kier alpha value is -4.47. The Balaban J connectivity index is 1.10. The Morgan fingerprint density at radius 1 is 1.02 bits per heavy atom. The lowest BCUT2D eigenvalue weighted by molar-refractivity contribution is -0.142. The maximum atomic E-state index is 13.6. The van der Waals surface area contributed by atoms with Gasteiger partial charge in [0, 0.05) is 66.6 Å². The molecule has 2 fully saturated rings. The zero-order valence-corrected chi connectivity index (χ0v) is 32.1. The Bertz CT molecular complexity index is 2220. The number of thiazole rings is 1. The van der Waals surface area contributed by atoms with E-state index in [2.05, 4.69) is 31.2 Å². The lowest BCUT2D eigenvalue weighted by Crippen LogP contribution is -2.35. The number of benzene rings is 2. The summed E-state index contributed by atoms with van der Waals surface area (Å²) in [4.78, 5) is 36.8. The fourth-order valence-corrected chi connectivity index (χ4v) is 8.67. The van der Waals surface area contributed by atoms with Gasteiger partial charge in [-0.25, -0.2) is 15.0 Å². The summed E-state index contributed by atoms with van der Waals surface area (Å²) < 4.78 is 33.1. The van der Waals surface area contributed by atoms with Gasteiger partial charge in [0.25, 0.3) is 0 Å². The third kappa shape index (κ3) is 9.00. The van der Waals surface area contributed by atoms with Crippen LogP contribution in [0.5, 0.6) is 5.88 Å². The van der Waals surface area contributed by atoms with Gasteiger partial charge in [-0.15, -0.1) is 11.3 Å². The first-order valence-corrected chi connectivity index (χ1v) is 19.6. The van der Waals surface area contributed by atoms with Crippen molar-refractivity contribution in [3.05, 3.63) is 80.9 Å². The van der Waals surface area contributed by atoms with Crippen LogP contribution >= 0.6 is 34.5 Å². The van der Waals surface area contributed by atoms with Crippen molar-refractivity contribution in [2.45, 2.75) is 77.2 Å². The fourth-order valence-electron chi connectivity index (χ4n) is 7.15. The van der Waals surface area contributed by atoms with Gasteiger partial charge in [0.1, 0.15) is 10.5 Å². The number of halogens is 4. The van der Waals surface area contributed by atoms with Crippen LogP contribution in [0.1, 0.15) is 54.7 Å². The molecule has 1 saturated carbocycles. The first-order chi connectivity index (χ1) is 26.5. The molecule has 2 aromatic carbocycles. The predicted molar refractivity (Wildman–Crippen MR) is 210 cm³/mol. The molecule has 1 aliphatic carbocycles. The number of anilines is 2. The van der Waals surface area contributed by atoms with E-state index in [1.54, 1.807) is 42.7 Å². The van der Waals surface area contributed by atoms with Crippen molar-refractivity contribution >= 4 is 68.1 Å². The monoisotopic (exact) mass is 809 g/mol. The molecule has 1 saturated heterocycles. The van der Waals surface area contributed by atoms with Gasteiger partial charge in [-0.05, 0) is 62.8 Å². The molecule has 1 atom stereocenters. The van der Waals surface area contributed by atoms with Crippen LogP contribution in [0.15, 0.2) is 54.7 Å². The van der Waals surface area contributed by atoms with Crippen LogP contribution in [0.2, 0.25) is 10.0 Å². The minimum Gasteiger partial charge on any atom is -0.481 e. The molecule has 3 aromatic heterocycles. The number of aromatic nitrogens is 3. The van der Waals surface area contributed by atoms with Gasteiger partial charge in [-0.3, -0.25) is 9.59 Å². The third-order valence-corrected chi connectivity index (χ3v) is 11.9. The summed E-state index contributed by atoms with van der Waals surface area (Å²) in [6.45, 7) is -0.0219. The quantitative estimate of drug-likeness (QED) is 0.0739. The van der Waals surface area contributed by atoms with Crippen LogP contribution in [0.4, 0.5) is 20.3 Å². The zero-order valence-electron chi connectivity index (χ0n) is 29.8. The van der Waals surface area contributed by atoms with Crippen LogP contribution in [-0.4, -0.2) is 57.2 Å². The maximum absolute atomic E-state index is 13.6.